The Hall–Kier alpha value is -2.94. The first-order valence-corrected chi connectivity index (χ1v) is 8.97. The highest BCUT2D eigenvalue weighted by atomic mass is 32.2. The fraction of sp³-hybridized carbons (Fsp3) is 0.188. The molecule has 0 spiro atoms. The summed E-state index contributed by atoms with van der Waals surface area (Å²) in [7, 11) is -3.84. The zero-order valence-electron chi connectivity index (χ0n) is 13.9. The van der Waals surface area contributed by atoms with Crippen LogP contribution in [0.3, 0.4) is 0 Å². The molecule has 1 aromatic carbocycles. The number of anilines is 3. The third kappa shape index (κ3) is 3.61. The molecule has 2 N–H and O–H groups in total. The molecule has 9 heteroatoms. The van der Waals surface area contributed by atoms with Crippen molar-refractivity contribution in [2.75, 3.05) is 10.0 Å². The number of hydrogen-bond acceptors (Lipinski definition) is 7. The Morgan fingerprint density at radius 3 is 2.24 bits per heavy atom. The maximum Gasteiger partial charge on any atom is 0.268 e. The Morgan fingerprint density at radius 2 is 1.64 bits per heavy atom. The van der Waals surface area contributed by atoms with Gasteiger partial charge in [0.25, 0.3) is 10.0 Å². The molecule has 2 aromatic heterocycles. The predicted molar refractivity (Wildman–Crippen MR) is 93.3 cm³/mol. The molecular formula is C16H17N5O3S. The first kappa shape index (κ1) is 16.9. The second kappa shape index (κ2) is 6.52. The Labute approximate surface area is 145 Å². The van der Waals surface area contributed by atoms with Gasteiger partial charge in [-0.1, -0.05) is 23.4 Å². The third-order valence-electron chi connectivity index (χ3n) is 3.55. The molecule has 2 heterocycles. The lowest BCUT2D eigenvalue weighted by atomic mass is 10.2. The van der Waals surface area contributed by atoms with Crippen molar-refractivity contribution in [3.05, 3.63) is 53.4 Å². The molecule has 3 rings (SSSR count). The van der Waals surface area contributed by atoms with Gasteiger partial charge in [0.15, 0.2) is 22.3 Å². The maximum absolute atomic E-state index is 12.4. The minimum Gasteiger partial charge on any atom is -0.360 e. The summed E-state index contributed by atoms with van der Waals surface area (Å²) < 4.78 is 32.1. The van der Waals surface area contributed by atoms with E-state index in [2.05, 4.69) is 25.4 Å². The fourth-order valence-electron chi connectivity index (χ4n) is 2.35. The Bertz CT molecular complexity index is 977. The molecule has 0 saturated carbocycles. The van der Waals surface area contributed by atoms with Gasteiger partial charge in [0, 0.05) is 5.69 Å². The molecule has 0 radical (unpaired) electrons. The third-order valence-corrected chi connectivity index (χ3v) is 5.15. The molecule has 0 bridgehead atoms. The number of benzene rings is 1. The number of aromatic nitrogens is 3. The molecule has 0 saturated heterocycles. The van der Waals surface area contributed by atoms with E-state index in [1.807, 2.05) is 31.2 Å². The van der Waals surface area contributed by atoms with Crippen LogP contribution in [0.25, 0.3) is 0 Å². The van der Waals surface area contributed by atoms with Gasteiger partial charge < -0.3 is 9.84 Å². The summed E-state index contributed by atoms with van der Waals surface area (Å²) >= 11 is 0. The standard InChI is InChI=1S/C16H17N5O3S/c1-10-6-4-5-7-13(10)17-14-8-9-15(19-18-14)21-25(22,23)16-11(2)20-24-12(16)3/h4-9H,1-3H3,(H,17,18)(H,19,21). The summed E-state index contributed by atoms with van der Waals surface area (Å²) in [5, 5.41) is 14.7. The molecule has 0 unspecified atom stereocenters. The van der Waals surface area contributed by atoms with Gasteiger partial charge in [0.2, 0.25) is 0 Å². The summed E-state index contributed by atoms with van der Waals surface area (Å²) in [6.45, 7) is 5.07. The number of sulfonamides is 1. The molecule has 0 aliphatic rings. The van der Waals surface area contributed by atoms with E-state index in [-0.39, 0.29) is 22.2 Å². The normalized spacial score (nSPS) is 11.3. The largest absolute Gasteiger partial charge is 0.360 e. The van der Waals surface area contributed by atoms with Gasteiger partial charge in [-0.3, -0.25) is 4.72 Å². The van der Waals surface area contributed by atoms with Gasteiger partial charge in [0.05, 0.1) is 0 Å². The van der Waals surface area contributed by atoms with Gasteiger partial charge in [-0.2, -0.15) is 0 Å². The highest BCUT2D eigenvalue weighted by molar-refractivity contribution is 7.92. The summed E-state index contributed by atoms with van der Waals surface area (Å²) in [6.07, 6.45) is 0. The second-order valence-corrected chi connectivity index (χ2v) is 7.12. The van der Waals surface area contributed by atoms with E-state index < -0.39 is 10.0 Å². The van der Waals surface area contributed by atoms with Crippen LogP contribution in [0.1, 0.15) is 17.0 Å². The van der Waals surface area contributed by atoms with Crippen LogP contribution in [0, 0.1) is 20.8 Å². The van der Waals surface area contributed by atoms with E-state index in [4.69, 9.17) is 4.52 Å². The molecule has 0 aliphatic carbocycles. The number of nitrogens with one attached hydrogen (secondary N) is 2. The second-order valence-electron chi connectivity index (χ2n) is 5.50. The minimum atomic E-state index is -3.84. The van der Waals surface area contributed by atoms with Crippen molar-refractivity contribution in [3.63, 3.8) is 0 Å². The van der Waals surface area contributed by atoms with Crippen LogP contribution in [0.15, 0.2) is 45.8 Å². The smallest absolute Gasteiger partial charge is 0.268 e. The lowest BCUT2D eigenvalue weighted by Crippen LogP contribution is -2.15. The minimum absolute atomic E-state index is 0.0106. The molecule has 25 heavy (non-hydrogen) atoms. The van der Waals surface area contributed by atoms with E-state index >= 15 is 0 Å². The van der Waals surface area contributed by atoms with Gasteiger partial charge in [-0.25, -0.2) is 8.42 Å². The molecule has 3 aromatic rings. The van der Waals surface area contributed by atoms with Crippen molar-refractivity contribution in [2.45, 2.75) is 25.7 Å². The molecule has 130 valence electrons. The lowest BCUT2D eigenvalue weighted by Gasteiger charge is -2.09. The topological polar surface area (TPSA) is 110 Å². The number of rotatable bonds is 5. The highest BCUT2D eigenvalue weighted by Gasteiger charge is 2.24. The summed E-state index contributed by atoms with van der Waals surface area (Å²) in [6, 6.07) is 10.9. The Kier molecular flexibility index (Phi) is 4.41. The number of hydrogen-bond donors (Lipinski definition) is 2. The molecular weight excluding hydrogens is 342 g/mol. The Balaban J connectivity index is 1.78. The summed E-state index contributed by atoms with van der Waals surface area (Å²) in [4.78, 5) is 0.0106. The number of nitrogens with zero attached hydrogens (tertiary/aromatic N) is 3. The van der Waals surface area contributed by atoms with Crippen molar-refractivity contribution in [1.29, 1.82) is 0 Å². The van der Waals surface area contributed by atoms with Crippen molar-refractivity contribution in [2.24, 2.45) is 0 Å². The summed E-state index contributed by atoms with van der Waals surface area (Å²) in [5.41, 5.74) is 2.25. The van der Waals surface area contributed by atoms with Crippen LogP contribution < -0.4 is 10.0 Å². The van der Waals surface area contributed by atoms with Crippen LogP contribution in [0.4, 0.5) is 17.3 Å². The zero-order valence-corrected chi connectivity index (χ0v) is 14.8. The van der Waals surface area contributed by atoms with E-state index in [1.165, 1.54) is 13.0 Å². The number of para-hydroxylation sites is 1. The van der Waals surface area contributed by atoms with Crippen LogP contribution in [0.5, 0.6) is 0 Å². The molecule has 0 fully saturated rings. The molecule has 0 atom stereocenters. The van der Waals surface area contributed by atoms with Crippen molar-refractivity contribution >= 4 is 27.3 Å². The van der Waals surface area contributed by atoms with E-state index in [0.29, 0.717) is 5.82 Å². The monoisotopic (exact) mass is 359 g/mol. The van der Waals surface area contributed by atoms with Crippen LogP contribution >= 0.6 is 0 Å². The Morgan fingerprint density at radius 1 is 0.960 bits per heavy atom. The van der Waals surface area contributed by atoms with Crippen molar-refractivity contribution in [1.82, 2.24) is 15.4 Å². The van der Waals surface area contributed by atoms with Gasteiger partial charge in [0.1, 0.15) is 5.69 Å². The average Bonchev–Trinajstić information content (AvgIpc) is 2.91. The van der Waals surface area contributed by atoms with Gasteiger partial charge in [-0.05, 0) is 44.5 Å². The molecule has 0 amide bonds. The molecule has 8 nitrogen and oxygen atoms in total. The van der Waals surface area contributed by atoms with Crippen molar-refractivity contribution < 1.29 is 12.9 Å². The van der Waals surface area contributed by atoms with Crippen LogP contribution in [-0.4, -0.2) is 23.8 Å². The quantitative estimate of drug-likeness (QED) is 0.720. The van der Waals surface area contributed by atoms with E-state index in [1.54, 1.807) is 13.0 Å². The fourth-order valence-corrected chi connectivity index (χ4v) is 3.68. The van der Waals surface area contributed by atoms with E-state index in [0.717, 1.165) is 11.3 Å². The van der Waals surface area contributed by atoms with E-state index in [9.17, 15) is 8.42 Å². The van der Waals surface area contributed by atoms with Crippen LogP contribution in [0.2, 0.25) is 0 Å². The maximum atomic E-state index is 12.4. The average molecular weight is 359 g/mol. The lowest BCUT2D eigenvalue weighted by molar-refractivity contribution is 0.390. The summed E-state index contributed by atoms with van der Waals surface area (Å²) in [5.74, 6) is 0.834. The molecule has 0 aliphatic heterocycles. The predicted octanol–water partition coefficient (Wildman–Crippen LogP) is 2.93. The van der Waals surface area contributed by atoms with Gasteiger partial charge >= 0.3 is 0 Å². The highest BCUT2D eigenvalue weighted by Crippen LogP contribution is 2.22. The van der Waals surface area contributed by atoms with Crippen LogP contribution in [-0.2, 0) is 10.0 Å². The zero-order chi connectivity index (χ0) is 18.0. The first-order valence-electron chi connectivity index (χ1n) is 7.49. The van der Waals surface area contributed by atoms with Crippen molar-refractivity contribution in [3.8, 4) is 0 Å². The number of aryl methyl sites for hydroxylation is 3. The first-order chi connectivity index (χ1) is 11.9. The van der Waals surface area contributed by atoms with Gasteiger partial charge in [-0.15, -0.1) is 10.2 Å². The SMILES string of the molecule is Cc1ccccc1Nc1ccc(NS(=O)(=O)c2c(C)noc2C)nn1.